The zero-order valence-corrected chi connectivity index (χ0v) is 9.68. The molecule has 0 aliphatic rings. The van der Waals surface area contributed by atoms with Crippen molar-refractivity contribution in [1.82, 2.24) is 0 Å². The number of hydrogen-bond acceptors (Lipinski definition) is 5. The Balaban J connectivity index is 0.000000385. The molecule has 92 valence electrons. The number of hydrogen-bond donors (Lipinski definition) is 3. The minimum atomic E-state index is -4.02. The summed E-state index contributed by atoms with van der Waals surface area (Å²) in [4.78, 5) is -0.0666. The van der Waals surface area contributed by atoms with E-state index in [1.54, 1.807) is 12.1 Å². The van der Waals surface area contributed by atoms with Gasteiger partial charge in [-0.15, -0.1) is 0 Å². The van der Waals surface area contributed by atoms with Crippen molar-refractivity contribution in [1.29, 1.82) is 0 Å². The van der Waals surface area contributed by atoms with Crippen LogP contribution in [0.1, 0.15) is 5.56 Å². The highest BCUT2D eigenvalue weighted by Crippen LogP contribution is 2.08. The average Bonchev–Trinajstić information content (AvgIpc) is 2.18. The normalized spacial score (nSPS) is 10.9. The molecule has 0 bridgehead atoms. The van der Waals surface area contributed by atoms with Crippen LogP contribution in [0.4, 0.5) is 0 Å². The molecule has 1 aromatic carbocycles. The predicted molar refractivity (Wildman–Crippen MR) is 56.2 cm³/mol. The minimum absolute atomic E-state index is 0.0666. The van der Waals surface area contributed by atoms with Gasteiger partial charge in [-0.05, 0) is 19.1 Å². The first-order chi connectivity index (χ1) is 7.27. The molecule has 1 rings (SSSR count). The molecule has 0 unspecified atom stereocenters. The van der Waals surface area contributed by atoms with E-state index in [1.165, 1.54) is 19.2 Å². The third kappa shape index (κ3) is 6.49. The zero-order chi connectivity index (χ0) is 12.8. The number of aliphatic hydroxyl groups is 2. The van der Waals surface area contributed by atoms with Crippen LogP contribution in [-0.2, 0) is 14.9 Å². The summed E-state index contributed by atoms with van der Waals surface area (Å²) in [6.07, 6.45) is 0. The number of aliphatic hydroxyl groups excluding tert-OH is 1. The molecule has 16 heavy (non-hydrogen) atoms. The summed E-state index contributed by atoms with van der Waals surface area (Å²) < 4.78 is 33.4. The highest BCUT2D eigenvalue weighted by atomic mass is 32.2. The zero-order valence-electron chi connectivity index (χ0n) is 8.86. The van der Waals surface area contributed by atoms with E-state index in [2.05, 4.69) is 4.74 Å². The largest absolute Gasteiger partial charge is 0.346 e. The Morgan fingerprint density at radius 2 is 1.56 bits per heavy atom. The van der Waals surface area contributed by atoms with Crippen molar-refractivity contribution in [2.45, 2.75) is 18.3 Å². The number of aryl methyl sites for hydroxylation is 1. The molecule has 0 aliphatic carbocycles. The van der Waals surface area contributed by atoms with Crippen molar-refractivity contribution >= 4 is 10.1 Å². The van der Waals surface area contributed by atoms with Gasteiger partial charge in [-0.3, -0.25) is 4.55 Å². The smallest absolute Gasteiger partial charge is 0.294 e. The van der Waals surface area contributed by atoms with Crippen molar-refractivity contribution in [2.24, 2.45) is 0 Å². The van der Waals surface area contributed by atoms with Crippen molar-refractivity contribution in [3.8, 4) is 0 Å². The van der Waals surface area contributed by atoms with E-state index < -0.39 is 16.6 Å². The third-order valence-corrected chi connectivity index (χ3v) is 2.40. The molecular weight excluding hydrogens is 236 g/mol. The van der Waals surface area contributed by atoms with E-state index in [0.29, 0.717) is 0 Å². The Bertz CT molecular complexity index is 395. The van der Waals surface area contributed by atoms with E-state index in [0.717, 1.165) is 5.56 Å². The lowest BCUT2D eigenvalue weighted by Crippen LogP contribution is -2.04. The monoisotopic (exact) mass is 250 g/mol. The molecule has 0 saturated heterocycles. The van der Waals surface area contributed by atoms with Gasteiger partial charge in [0.15, 0.2) is 0 Å². The van der Waals surface area contributed by atoms with Gasteiger partial charge in [0.25, 0.3) is 16.6 Å². The van der Waals surface area contributed by atoms with Gasteiger partial charge >= 0.3 is 0 Å². The summed E-state index contributed by atoms with van der Waals surface area (Å²) in [5.74, 6) is 0. The molecule has 3 N–H and O–H groups in total. The Hall–Kier alpha value is -0.990. The maximum Gasteiger partial charge on any atom is 0.294 e. The quantitative estimate of drug-likeness (QED) is 0.509. The lowest BCUT2D eigenvalue weighted by Gasteiger charge is -1.95. The second kappa shape index (κ2) is 6.56. The third-order valence-electron chi connectivity index (χ3n) is 1.53. The maximum absolute atomic E-state index is 10.5. The highest BCUT2D eigenvalue weighted by Gasteiger charge is 2.06. The average molecular weight is 250 g/mol. The Kier molecular flexibility index (Phi) is 6.16. The first-order valence-electron chi connectivity index (χ1n) is 4.20. The SMILES string of the molecule is COC(O)O.Cc1ccc(S(=O)(=O)O)cc1. The van der Waals surface area contributed by atoms with Gasteiger partial charge in [-0.25, -0.2) is 0 Å². The van der Waals surface area contributed by atoms with Gasteiger partial charge in [0, 0.05) is 7.11 Å². The van der Waals surface area contributed by atoms with E-state index in [9.17, 15) is 8.42 Å². The van der Waals surface area contributed by atoms with Gasteiger partial charge in [0.2, 0.25) is 0 Å². The van der Waals surface area contributed by atoms with Crippen LogP contribution in [-0.4, -0.2) is 36.8 Å². The Morgan fingerprint density at radius 3 is 1.81 bits per heavy atom. The van der Waals surface area contributed by atoms with E-state index in [-0.39, 0.29) is 4.90 Å². The summed E-state index contributed by atoms with van der Waals surface area (Å²) in [5, 5.41) is 15.4. The fraction of sp³-hybridized carbons (Fsp3) is 0.333. The molecule has 0 saturated carbocycles. The van der Waals surface area contributed by atoms with E-state index in [4.69, 9.17) is 14.8 Å². The summed E-state index contributed by atoms with van der Waals surface area (Å²) in [6.45, 7) is 0.225. The molecule has 6 nitrogen and oxygen atoms in total. The number of methoxy groups -OCH3 is 1. The molecule has 0 fully saturated rings. The molecule has 0 aromatic heterocycles. The molecule has 0 aliphatic heterocycles. The van der Waals surface area contributed by atoms with Crippen LogP contribution < -0.4 is 0 Å². The van der Waals surface area contributed by atoms with Crippen molar-refractivity contribution in [3.63, 3.8) is 0 Å². The first kappa shape index (κ1) is 15.0. The van der Waals surface area contributed by atoms with Crippen molar-refractivity contribution < 1.29 is 27.9 Å². The number of benzene rings is 1. The lowest BCUT2D eigenvalue weighted by atomic mass is 10.2. The second-order valence-corrected chi connectivity index (χ2v) is 4.27. The minimum Gasteiger partial charge on any atom is -0.346 e. The predicted octanol–water partition coefficient (Wildman–Crippen LogP) is 0.143. The fourth-order valence-electron chi connectivity index (χ4n) is 0.710. The van der Waals surface area contributed by atoms with Crippen LogP contribution in [0.25, 0.3) is 0 Å². The van der Waals surface area contributed by atoms with Crippen LogP contribution in [0.2, 0.25) is 0 Å². The lowest BCUT2D eigenvalue weighted by molar-refractivity contribution is -0.218. The second-order valence-electron chi connectivity index (χ2n) is 2.85. The Morgan fingerprint density at radius 1 is 1.19 bits per heavy atom. The van der Waals surface area contributed by atoms with Crippen molar-refractivity contribution in [2.75, 3.05) is 7.11 Å². The van der Waals surface area contributed by atoms with Crippen LogP contribution >= 0.6 is 0 Å². The summed E-state index contributed by atoms with van der Waals surface area (Å²) >= 11 is 0. The molecule has 7 heteroatoms. The number of ether oxygens (including phenoxy) is 1. The van der Waals surface area contributed by atoms with Gasteiger partial charge in [0.1, 0.15) is 0 Å². The Labute approximate surface area is 93.9 Å². The summed E-state index contributed by atoms with van der Waals surface area (Å²) in [7, 11) is -2.82. The van der Waals surface area contributed by atoms with Crippen LogP contribution in [0.5, 0.6) is 0 Å². The van der Waals surface area contributed by atoms with E-state index in [1.807, 2.05) is 6.92 Å². The van der Waals surface area contributed by atoms with Gasteiger partial charge in [0.05, 0.1) is 4.90 Å². The molecule has 0 heterocycles. The molecule has 0 atom stereocenters. The fourth-order valence-corrected chi connectivity index (χ4v) is 1.19. The molecule has 0 radical (unpaired) electrons. The molecule has 0 amide bonds. The van der Waals surface area contributed by atoms with Gasteiger partial charge in [-0.2, -0.15) is 8.42 Å². The highest BCUT2D eigenvalue weighted by molar-refractivity contribution is 7.85. The van der Waals surface area contributed by atoms with Crippen LogP contribution in [0.3, 0.4) is 0 Å². The van der Waals surface area contributed by atoms with Gasteiger partial charge in [-0.1, -0.05) is 17.7 Å². The van der Waals surface area contributed by atoms with E-state index >= 15 is 0 Å². The molecule has 0 spiro atoms. The summed E-state index contributed by atoms with van der Waals surface area (Å²) in [6, 6.07) is 5.99. The van der Waals surface area contributed by atoms with Crippen LogP contribution in [0.15, 0.2) is 29.2 Å². The molecule has 1 aromatic rings. The first-order valence-corrected chi connectivity index (χ1v) is 5.64. The molecular formula is C9H14O6S. The number of rotatable bonds is 2. The summed E-state index contributed by atoms with van der Waals surface area (Å²) in [5.41, 5.74) is 0.956. The topological polar surface area (TPSA) is 104 Å². The maximum atomic E-state index is 10.5. The van der Waals surface area contributed by atoms with Gasteiger partial charge < -0.3 is 14.9 Å². The van der Waals surface area contributed by atoms with Crippen LogP contribution in [0, 0.1) is 6.92 Å². The standard InChI is InChI=1S/C7H8O3S.C2H6O3/c1-6-2-4-7(5-3-6)11(8,9)10;1-5-2(3)4/h2-5H,1H3,(H,8,9,10);2-4H,1H3. The van der Waals surface area contributed by atoms with Crippen molar-refractivity contribution in [3.05, 3.63) is 29.8 Å².